The normalized spacial score (nSPS) is 9.90. The molecule has 0 fully saturated rings. The Kier molecular flexibility index (Phi) is 6.28. The number of hydrogen-bond acceptors (Lipinski definition) is 3. The zero-order valence-corrected chi connectivity index (χ0v) is 12.2. The second kappa shape index (κ2) is 7.72. The van der Waals surface area contributed by atoms with Crippen LogP contribution in [-0.2, 0) is 13.1 Å². The molecule has 0 saturated carbocycles. The Morgan fingerprint density at radius 1 is 1.30 bits per heavy atom. The molecule has 2 rings (SSSR count). The van der Waals surface area contributed by atoms with E-state index in [2.05, 4.69) is 0 Å². The van der Waals surface area contributed by atoms with Crippen molar-refractivity contribution >= 4 is 18.3 Å². The molecule has 1 aromatic heterocycles. The molecule has 0 saturated heterocycles. The third-order valence-electron chi connectivity index (χ3n) is 2.99. The summed E-state index contributed by atoms with van der Waals surface area (Å²) in [5, 5.41) is 0. The van der Waals surface area contributed by atoms with Crippen LogP contribution >= 0.6 is 12.4 Å². The molecular formula is C15H19ClN2O2. The summed E-state index contributed by atoms with van der Waals surface area (Å²) in [5.74, 6) is 0.592. The van der Waals surface area contributed by atoms with Crippen molar-refractivity contribution in [3.8, 4) is 0 Å². The number of nitrogens with two attached hydrogens (primary N) is 1. The van der Waals surface area contributed by atoms with Crippen LogP contribution in [0.3, 0.4) is 0 Å². The van der Waals surface area contributed by atoms with E-state index in [9.17, 15) is 4.79 Å². The quantitative estimate of drug-likeness (QED) is 0.922. The van der Waals surface area contributed by atoms with Gasteiger partial charge in [-0.1, -0.05) is 30.3 Å². The average molecular weight is 295 g/mol. The Labute approximate surface area is 125 Å². The third-order valence-corrected chi connectivity index (χ3v) is 2.99. The van der Waals surface area contributed by atoms with E-state index < -0.39 is 0 Å². The molecule has 1 heterocycles. The Hall–Kier alpha value is -1.78. The van der Waals surface area contributed by atoms with Crippen LogP contribution in [0.1, 0.15) is 28.6 Å². The molecule has 4 nitrogen and oxygen atoms in total. The van der Waals surface area contributed by atoms with E-state index in [1.54, 1.807) is 11.0 Å². The van der Waals surface area contributed by atoms with Crippen molar-refractivity contribution in [2.75, 3.05) is 6.54 Å². The monoisotopic (exact) mass is 294 g/mol. The van der Waals surface area contributed by atoms with E-state index in [4.69, 9.17) is 10.2 Å². The molecule has 1 aromatic carbocycles. The van der Waals surface area contributed by atoms with Gasteiger partial charge in [-0.25, -0.2) is 0 Å². The van der Waals surface area contributed by atoms with Crippen LogP contribution < -0.4 is 5.73 Å². The average Bonchev–Trinajstić information content (AvgIpc) is 2.94. The molecule has 2 aromatic rings. The second-order valence-electron chi connectivity index (χ2n) is 4.31. The molecule has 0 aliphatic rings. The standard InChI is InChI=1S/C15H18N2O2.ClH/c1-2-17(10-12-6-4-3-5-7-12)15(18)13-8-14(9-16)19-11-13;/h3-8,11H,2,9-10,16H2,1H3;1H. The minimum absolute atomic E-state index is 0. The van der Waals surface area contributed by atoms with Crippen LogP contribution in [0.5, 0.6) is 0 Å². The minimum atomic E-state index is -0.0326. The first-order valence-corrected chi connectivity index (χ1v) is 6.35. The summed E-state index contributed by atoms with van der Waals surface area (Å²) < 4.78 is 5.21. The van der Waals surface area contributed by atoms with E-state index in [0.717, 1.165) is 5.56 Å². The minimum Gasteiger partial charge on any atom is -0.467 e. The molecule has 0 atom stereocenters. The first-order chi connectivity index (χ1) is 9.24. The third kappa shape index (κ3) is 3.85. The maximum atomic E-state index is 12.3. The fourth-order valence-corrected chi connectivity index (χ4v) is 1.91. The molecule has 0 bridgehead atoms. The van der Waals surface area contributed by atoms with Crippen LogP contribution in [0.4, 0.5) is 0 Å². The van der Waals surface area contributed by atoms with Crippen LogP contribution in [-0.4, -0.2) is 17.4 Å². The van der Waals surface area contributed by atoms with Crippen molar-refractivity contribution in [2.24, 2.45) is 5.73 Å². The van der Waals surface area contributed by atoms with Gasteiger partial charge in [0.05, 0.1) is 12.1 Å². The fourth-order valence-electron chi connectivity index (χ4n) is 1.91. The van der Waals surface area contributed by atoms with E-state index >= 15 is 0 Å². The van der Waals surface area contributed by atoms with E-state index in [-0.39, 0.29) is 18.3 Å². The van der Waals surface area contributed by atoms with Gasteiger partial charge in [-0.2, -0.15) is 0 Å². The Morgan fingerprint density at radius 2 is 2.00 bits per heavy atom. The van der Waals surface area contributed by atoms with Crippen molar-refractivity contribution in [3.05, 3.63) is 59.5 Å². The lowest BCUT2D eigenvalue weighted by molar-refractivity contribution is 0.0752. The number of carbonyl (C=O) groups is 1. The van der Waals surface area contributed by atoms with Gasteiger partial charge in [0.2, 0.25) is 0 Å². The van der Waals surface area contributed by atoms with Gasteiger partial charge in [0.25, 0.3) is 5.91 Å². The van der Waals surface area contributed by atoms with Gasteiger partial charge in [-0.15, -0.1) is 12.4 Å². The number of benzene rings is 1. The van der Waals surface area contributed by atoms with Gasteiger partial charge in [-0.3, -0.25) is 4.79 Å². The molecule has 5 heteroatoms. The van der Waals surface area contributed by atoms with Crippen molar-refractivity contribution in [2.45, 2.75) is 20.0 Å². The SMILES string of the molecule is CCN(Cc1ccccc1)C(=O)c1coc(CN)c1.Cl. The lowest BCUT2D eigenvalue weighted by atomic mass is 10.2. The van der Waals surface area contributed by atoms with Crippen molar-refractivity contribution in [3.63, 3.8) is 0 Å². The molecule has 0 aliphatic heterocycles. The highest BCUT2D eigenvalue weighted by molar-refractivity contribution is 5.94. The summed E-state index contributed by atoms with van der Waals surface area (Å²) in [6.45, 7) is 3.51. The predicted molar refractivity (Wildman–Crippen MR) is 80.7 cm³/mol. The van der Waals surface area contributed by atoms with E-state index in [1.807, 2.05) is 37.3 Å². The maximum Gasteiger partial charge on any atom is 0.257 e. The molecule has 0 unspecified atom stereocenters. The zero-order chi connectivity index (χ0) is 13.7. The summed E-state index contributed by atoms with van der Waals surface area (Å²) in [7, 11) is 0. The second-order valence-corrected chi connectivity index (χ2v) is 4.31. The van der Waals surface area contributed by atoms with Gasteiger partial charge < -0.3 is 15.1 Å². The van der Waals surface area contributed by atoms with Gasteiger partial charge >= 0.3 is 0 Å². The number of furan rings is 1. The van der Waals surface area contributed by atoms with Crippen molar-refractivity contribution in [1.82, 2.24) is 4.90 Å². The van der Waals surface area contributed by atoms with Gasteiger partial charge in [0, 0.05) is 13.1 Å². The number of carbonyl (C=O) groups excluding carboxylic acids is 1. The fraction of sp³-hybridized carbons (Fsp3) is 0.267. The Morgan fingerprint density at radius 3 is 2.55 bits per heavy atom. The van der Waals surface area contributed by atoms with Gasteiger partial charge in [0.1, 0.15) is 12.0 Å². The Balaban J connectivity index is 0.00000200. The lowest BCUT2D eigenvalue weighted by Gasteiger charge is -2.20. The first kappa shape index (κ1) is 16.3. The molecule has 2 N–H and O–H groups in total. The van der Waals surface area contributed by atoms with Gasteiger partial charge in [-0.05, 0) is 18.6 Å². The van der Waals surface area contributed by atoms with Crippen LogP contribution in [0, 0.1) is 0 Å². The topological polar surface area (TPSA) is 59.5 Å². The summed E-state index contributed by atoms with van der Waals surface area (Å²) >= 11 is 0. The number of hydrogen-bond donors (Lipinski definition) is 1. The molecule has 20 heavy (non-hydrogen) atoms. The predicted octanol–water partition coefficient (Wildman–Crippen LogP) is 2.82. The lowest BCUT2D eigenvalue weighted by Crippen LogP contribution is -2.30. The highest BCUT2D eigenvalue weighted by Gasteiger charge is 2.16. The number of halogens is 1. The van der Waals surface area contributed by atoms with E-state index in [1.165, 1.54) is 6.26 Å². The molecule has 0 radical (unpaired) electrons. The number of amides is 1. The highest BCUT2D eigenvalue weighted by atomic mass is 35.5. The van der Waals surface area contributed by atoms with Crippen LogP contribution in [0.25, 0.3) is 0 Å². The summed E-state index contributed by atoms with van der Waals surface area (Å²) in [6, 6.07) is 11.6. The van der Waals surface area contributed by atoms with E-state index in [0.29, 0.717) is 31.0 Å². The van der Waals surface area contributed by atoms with Crippen LogP contribution in [0.15, 0.2) is 47.1 Å². The molecule has 0 spiro atoms. The van der Waals surface area contributed by atoms with Crippen LogP contribution in [0.2, 0.25) is 0 Å². The smallest absolute Gasteiger partial charge is 0.257 e. The Bertz CT molecular complexity index is 540. The highest BCUT2D eigenvalue weighted by Crippen LogP contribution is 2.13. The molecule has 108 valence electrons. The maximum absolute atomic E-state index is 12.3. The summed E-state index contributed by atoms with van der Waals surface area (Å²) in [6.07, 6.45) is 1.47. The van der Waals surface area contributed by atoms with Crippen molar-refractivity contribution < 1.29 is 9.21 Å². The molecule has 1 amide bonds. The van der Waals surface area contributed by atoms with Gasteiger partial charge in [0.15, 0.2) is 0 Å². The largest absolute Gasteiger partial charge is 0.467 e. The first-order valence-electron chi connectivity index (χ1n) is 6.35. The summed E-state index contributed by atoms with van der Waals surface area (Å²) in [4.78, 5) is 14.1. The number of nitrogens with zero attached hydrogens (tertiary/aromatic N) is 1. The molecular weight excluding hydrogens is 276 g/mol. The number of rotatable bonds is 5. The zero-order valence-electron chi connectivity index (χ0n) is 11.4. The van der Waals surface area contributed by atoms with Crippen molar-refractivity contribution in [1.29, 1.82) is 0 Å². The molecule has 0 aliphatic carbocycles. The summed E-state index contributed by atoms with van der Waals surface area (Å²) in [5.41, 5.74) is 7.14.